The second kappa shape index (κ2) is 7.19. The Labute approximate surface area is 152 Å². The quantitative estimate of drug-likeness (QED) is 0.659. The maximum atomic E-state index is 11.9. The monoisotopic (exact) mass is 370 g/mol. The van der Waals surface area contributed by atoms with Gasteiger partial charge in [-0.1, -0.05) is 42.0 Å². The highest BCUT2D eigenvalue weighted by Gasteiger charge is 2.19. The van der Waals surface area contributed by atoms with Crippen LogP contribution >= 0.6 is 0 Å². The van der Waals surface area contributed by atoms with E-state index < -0.39 is 10.1 Å². The van der Waals surface area contributed by atoms with Gasteiger partial charge in [-0.25, -0.2) is 0 Å². The van der Waals surface area contributed by atoms with Crippen molar-refractivity contribution in [2.75, 3.05) is 7.11 Å². The van der Waals surface area contributed by atoms with Gasteiger partial charge in [0.2, 0.25) is 0 Å². The highest BCUT2D eigenvalue weighted by molar-refractivity contribution is 7.86. The first kappa shape index (κ1) is 18.0. The summed E-state index contributed by atoms with van der Waals surface area (Å²) in [6, 6.07) is 19.1. The molecule has 0 heterocycles. The van der Waals surface area contributed by atoms with Crippen LogP contribution in [0.2, 0.25) is 0 Å². The van der Waals surface area contributed by atoms with Gasteiger partial charge in [0, 0.05) is 6.07 Å². The van der Waals surface area contributed by atoms with E-state index in [2.05, 4.69) is 0 Å². The van der Waals surface area contributed by atoms with Gasteiger partial charge in [0.15, 0.2) is 0 Å². The number of hydrogen-bond acceptors (Lipinski definition) is 4. The van der Waals surface area contributed by atoms with E-state index in [4.69, 9.17) is 9.47 Å². The third-order valence-corrected chi connectivity index (χ3v) is 4.75. The molecule has 0 spiro atoms. The first-order valence-corrected chi connectivity index (χ1v) is 9.31. The minimum Gasteiger partial charge on any atom is -0.497 e. The maximum absolute atomic E-state index is 11.9. The maximum Gasteiger partial charge on any atom is 0.298 e. The van der Waals surface area contributed by atoms with Crippen LogP contribution in [0.3, 0.4) is 0 Å². The second-order valence-electron chi connectivity index (χ2n) is 5.78. The summed E-state index contributed by atoms with van der Waals surface area (Å²) in [6.07, 6.45) is 0. The second-order valence-corrected chi connectivity index (χ2v) is 7.17. The van der Waals surface area contributed by atoms with Crippen LogP contribution < -0.4 is 9.47 Å². The van der Waals surface area contributed by atoms with Crippen LogP contribution in [0.1, 0.15) is 5.56 Å². The zero-order valence-corrected chi connectivity index (χ0v) is 15.2. The van der Waals surface area contributed by atoms with Crippen LogP contribution in [0.25, 0.3) is 11.1 Å². The van der Waals surface area contributed by atoms with Crippen LogP contribution in [0.15, 0.2) is 71.6 Å². The SMILES string of the molecule is COc1cccc(Oc2ccc(-c3ccc(C)cc3)cc2S(=O)(=O)O)c1. The number of hydrogen-bond donors (Lipinski definition) is 1. The highest BCUT2D eigenvalue weighted by atomic mass is 32.2. The fourth-order valence-corrected chi connectivity index (χ4v) is 3.15. The molecular weight excluding hydrogens is 352 g/mol. The Morgan fingerprint density at radius 1 is 0.846 bits per heavy atom. The molecule has 0 bridgehead atoms. The van der Waals surface area contributed by atoms with Gasteiger partial charge in [0.05, 0.1) is 7.11 Å². The lowest BCUT2D eigenvalue weighted by molar-refractivity contribution is 0.407. The van der Waals surface area contributed by atoms with Gasteiger partial charge in [0.25, 0.3) is 10.1 Å². The number of ether oxygens (including phenoxy) is 2. The van der Waals surface area contributed by atoms with E-state index in [1.165, 1.54) is 19.2 Å². The molecule has 0 aliphatic carbocycles. The van der Waals surface area contributed by atoms with Crippen molar-refractivity contribution >= 4 is 10.1 Å². The summed E-state index contributed by atoms with van der Waals surface area (Å²) in [4.78, 5) is -0.293. The molecule has 0 atom stereocenters. The van der Waals surface area contributed by atoms with E-state index in [0.717, 1.165) is 11.1 Å². The van der Waals surface area contributed by atoms with Crippen LogP contribution in [0.4, 0.5) is 0 Å². The lowest BCUT2D eigenvalue weighted by Crippen LogP contribution is -2.01. The lowest BCUT2D eigenvalue weighted by Gasteiger charge is -2.12. The average Bonchev–Trinajstić information content (AvgIpc) is 2.62. The molecule has 3 rings (SSSR count). The van der Waals surface area contributed by atoms with Crippen molar-refractivity contribution in [2.45, 2.75) is 11.8 Å². The zero-order chi connectivity index (χ0) is 18.7. The molecule has 0 aliphatic rings. The van der Waals surface area contributed by atoms with E-state index in [1.54, 1.807) is 30.3 Å². The van der Waals surface area contributed by atoms with Gasteiger partial charge in [-0.05, 0) is 42.3 Å². The minimum atomic E-state index is -4.46. The van der Waals surface area contributed by atoms with Crippen molar-refractivity contribution in [1.82, 2.24) is 0 Å². The van der Waals surface area contributed by atoms with Gasteiger partial charge in [-0.3, -0.25) is 4.55 Å². The smallest absolute Gasteiger partial charge is 0.298 e. The molecule has 0 saturated carbocycles. The standard InChI is InChI=1S/C20H18O5S/c1-14-6-8-15(9-7-14)16-10-11-19(20(12-16)26(21,22)23)25-18-5-3-4-17(13-18)24-2/h3-13H,1-2H3,(H,21,22,23). The summed E-state index contributed by atoms with van der Waals surface area (Å²) in [5.74, 6) is 1.01. The van der Waals surface area contributed by atoms with Crippen molar-refractivity contribution in [2.24, 2.45) is 0 Å². The molecule has 0 amide bonds. The van der Waals surface area contributed by atoms with Gasteiger partial charge in [0.1, 0.15) is 22.1 Å². The molecule has 3 aromatic rings. The van der Waals surface area contributed by atoms with Crippen molar-refractivity contribution in [3.63, 3.8) is 0 Å². The van der Waals surface area contributed by atoms with E-state index in [9.17, 15) is 13.0 Å². The minimum absolute atomic E-state index is 0.0385. The Hall–Kier alpha value is -2.83. The van der Waals surface area contributed by atoms with E-state index >= 15 is 0 Å². The molecule has 0 aromatic heterocycles. The van der Waals surface area contributed by atoms with E-state index in [0.29, 0.717) is 17.1 Å². The van der Waals surface area contributed by atoms with Crippen LogP contribution in [0, 0.1) is 6.92 Å². The summed E-state index contributed by atoms with van der Waals surface area (Å²) in [7, 11) is -2.94. The molecule has 3 aromatic carbocycles. The van der Waals surface area contributed by atoms with E-state index in [1.807, 2.05) is 31.2 Å². The molecule has 0 unspecified atom stereocenters. The van der Waals surface area contributed by atoms with Crippen LogP contribution in [-0.2, 0) is 10.1 Å². The summed E-state index contributed by atoms with van der Waals surface area (Å²) < 4.78 is 44.1. The van der Waals surface area contributed by atoms with Crippen molar-refractivity contribution in [3.8, 4) is 28.4 Å². The average molecular weight is 370 g/mol. The summed E-state index contributed by atoms with van der Waals surface area (Å²) >= 11 is 0. The Morgan fingerprint density at radius 2 is 1.50 bits per heavy atom. The van der Waals surface area contributed by atoms with Crippen molar-refractivity contribution < 1.29 is 22.4 Å². The summed E-state index contributed by atoms with van der Waals surface area (Å²) in [5, 5.41) is 0. The normalized spacial score (nSPS) is 11.2. The molecule has 5 nitrogen and oxygen atoms in total. The van der Waals surface area contributed by atoms with Gasteiger partial charge in [-0.2, -0.15) is 8.42 Å². The summed E-state index contributed by atoms with van der Waals surface area (Å²) in [5.41, 5.74) is 2.60. The van der Waals surface area contributed by atoms with Crippen molar-refractivity contribution in [3.05, 3.63) is 72.3 Å². The first-order chi connectivity index (χ1) is 12.4. The fourth-order valence-electron chi connectivity index (χ4n) is 2.51. The molecule has 26 heavy (non-hydrogen) atoms. The fraction of sp³-hybridized carbons (Fsp3) is 0.100. The molecule has 0 fully saturated rings. The molecule has 1 N–H and O–H groups in total. The molecule has 0 aliphatic heterocycles. The van der Waals surface area contributed by atoms with Gasteiger partial charge in [-0.15, -0.1) is 0 Å². The predicted octanol–water partition coefficient (Wildman–Crippen LogP) is 4.71. The summed E-state index contributed by atoms with van der Waals surface area (Å²) in [6.45, 7) is 1.97. The number of methoxy groups -OCH3 is 1. The Balaban J connectivity index is 2.03. The Morgan fingerprint density at radius 3 is 2.15 bits per heavy atom. The number of aryl methyl sites for hydroxylation is 1. The van der Waals surface area contributed by atoms with Crippen molar-refractivity contribution in [1.29, 1.82) is 0 Å². The first-order valence-electron chi connectivity index (χ1n) is 7.87. The third kappa shape index (κ3) is 4.04. The molecule has 0 radical (unpaired) electrons. The molecule has 6 heteroatoms. The highest BCUT2D eigenvalue weighted by Crippen LogP contribution is 2.34. The Bertz CT molecular complexity index is 1020. The molecule has 134 valence electrons. The van der Waals surface area contributed by atoms with E-state index in [-0.39, 0.29) is 10.6 Å². The largest absolute Gasteiger partial charge is 0.497 e. The Kier molecular flexibility index (Phi) is 4.97. The van der Waals surface area contributed by atoms with Crippen LogP contribution in [-0.4, -0.2) is 20.1 Å². The predicted molar refractivity (Wildman–Crippen MR) is 99.5 cm³/mol. The third-order valence-electron chi connectivity index (χ3n) is 3.88. The lowest BCUT2D eigenvalue weighted by atomic mass is 10.0. The number of rotatable bonds is 5. The molecule has 0 saturated heterocycles. The van der Waals surface area contributed by atoms with Gasteiger partial charge >= 0.3 is 0 Å². The molecular formula is C20H18O5S. The van der Waals surface area contributed by atoms with Crippen LogP contribution in [0.5, 0.6) is 17.2 Å². The topological polar surface area (TPSA) is 72.8 Å². The zero-order valence-electron chi connectivity index (χ0n) is 14.3. The number of benzene rings is 3. The van der Waals surface area contributed by atoms with Gasteiger partial charge < -0.3 is 9.47 Å².